The molecule has 0 unspecified atom stereocenters. The Hall–Kier alpha value is -2.59. The molecule has 3 rings (SSSR count). The quantitative estimate of drug-likeness (QED) is 0.699. The standard InChI is InChI=1S/C16H11ClN2O2/c17-15-16(19-11-10-18-15)21-14-8-6-13(7-9-14)20-12-4-2-1-3-5-12/h1-11H. The van der Waals surface area contributed by atoms with E-state index in [1.54, 1.807) is 12.1 Å². The van der Waals surface area contributed by atoms with Crippen molar-refractivity contribution in [3.63, 3.8) is 0 Å². The van der Waals surface area contributed by atoms with Gasteiger partial charge in [0.05, 0.1) is 0 Å². The smallest absolute Gasteiger partial charge is 0.257 e. The van der Waals surface area contributed by atoms with Crippen LogP contribution in [-0.4, -0.2) is 9.97 Å². The number of para-hydroxylation sites is 1. The van der Waals surface area contributed by atoms with E-state index in [1.807, 2.05) is 42.5 Å². The minimum Gasteiger partial charge on any atom is -0.457 e. The molecule has 0 spiro atoms. The lowest BCUT2D eigenvalue weighted by Crippen LogP contribution is -1.90. The molecule has 4 nitrogen and oxygen atoms in total. The van der Waals surface area contributed by atoms with Crippen molar-refractivity contribution in [2.45, 2.75) is 0 Å². The minimum absolute atomic E-state index is 0.224. The van der Waals surface area contributed by atoms with Crippen LogP contribution in [0.5, 0.6) is 23.1 Å². The van der Waals surface area contributed by atoms with Gasteiger partial charge in [0, 0.05) is 12.4 Å². The SMILES string of the molecule is Clc1nccnc1Oc1ccc(Oc2ccccc2)cc1. The zero-order valence-electron chi connectivity index (χ0n) is 10.9. The molecule has 104 valence electrons. The van der Waals surface area contributed by atoms with Gasteiger partial charge in [0.25, 0.3) is 5.88 Å². The van der Waals surface area contributed by atoms with Gasteiger partial charge in [0.1, 0.15) is 17.2 Å². The monoisotopic (exact) mass is 298 g/mol. The van der Waals surface area contributed by atoms with Crippen LogP contribution in [0.3, 0.4) is 0 Å². The van der Waals surface area contributed by atoms with Crippen molar-refractivity contribution in [2.75, 3.05) is 0 Å². The minimum atomic E-state index is 0.224. The first-order chi connectivity index (χ1) is 10.3. The number of rotatable bonds is 4. The predicted molar refractivity (Wildman–Crippen MR) is 80.1 cm³/mol. The van der Waals surface area contributed by atoms with Crippen molar-refractivity contribution < 1.29 is 9.47 Å². The van der Waals surface area contributed by atoms with Gasteiger partial charge in [-0.15, -0.1) is 0 Å². The number of hydrogen-bond acceptors (Lipinski definition) is 4. The van der Waals surface area contributed by atoms with E-state index in [-0.39, 0.29) is 11.0 Å². The number of benzene rings is 2. The lowest BCUT2D eigenvalue weighted by molar-refractivity contribution is 0.454. The van der Waals surface area contributed by atoms with Gasteiger partial charge < -0.3 is 9.47 Å². The van der Waals surface area contributed by atoms with Crippen molar-refractivity contribution in [2.24, 2.45) is 0 Å². The summed E-state index contributed by atoms with van der Waals surface area (Å²) in [5, 5.41) is 0.224. The van der Waals surface area contributed by atoms with E-state index in [9.17, 15) is 0 Å². The Bertz CT molecular complexity index is 718. The van der Waals surface area contributed by atoms with Crippen molar-refractivity contribution in [1.82, 2.24) is 9.97 Å². The first-order valence-electron chi connectivity index (χ1n) is 6.28. The van der Waals surface area contributed by atoms with Crippen LogP contribution >= 0.6 is 11.6 Å². The van der Waals surface area contributed by atoms with Crippen molar-refractivity contribution in [3.8, 4) is 23.1 Å². The number of nitrogens with zero attached hydrogens (tertiary/aromatic N) is 2. The highest BCUT2D eigenvalue weighted by atomic mass is 35.5. The Balaban J connectivity index is 1.71. The van der Waals surface area contributed by atoms with Gasteiger partial charge in [0.2, 0.25) is 0 Å². The maximum absolute atomic E-state index is 5.89. The fraction of sp³-hybridized carbons (Fsp3) is 0. The van der Waals surface area contributed by atoms with Gasteiger partial charge in [0.15, 0.2) is 5.15 Å². The van der Waals surface area contributed by atoms with E-state index in [0.717, 1.165) is 11.5 Å². The largest absolute Gasteiger partial charge is 0.457 e. The summed E-state index contributed by atoms with van der Waals surface area (Å²) < 4.78 is 11.3. The second-order valence-electron chi connectivity index (χ2n) is 4.14. The van der Waals surface area contributed by atoms with Crippen LogP contribution in [0.15, 0.2) is 67.0 Å². The molecular formula is C16H11ClN2O2. The van der Waals surface area contributed by atoms with E-state index in [4.69, 9.17) is 21.1 Å². The zero-order chi connectivity index (χ0) is 14.5. The van der Waals surface area contributed by atoms with Gasteiger partial charge >= 0.3 is 0 Å². The second-order valence-corrected chi connectivity index (χ2v) is 4.50. The predicted octanol–water partition coefficient (Wildman–Crippen LogP) is 4.71. The molecule has 5 heteroatoms. The molecule has 0 bridgehead atoms. The molecule has 0 aliphatic rings. The number of aromatic nitrogens is 2. The third kappa shape index (κ3) is 3.49. The average molecular weight is 299 g/mol. The highest BCUT2D eigenvalue weighted by Crippen LogP contribution is 2.28. The Kier molecular flexibility index (Phi) is 3.98. The third-order valence-electron chi connectivity index (χ3n) is 2.64. The number of halogens is 1. The molecule has 0 amide bonds. The number of ether oxygens (including phenoxy) is 2. The lowest BCUT2D eigenvalue weighted by Gasteiger charge is -2.08. The van der Waals surface area contributed by atoms with Gasteiger partial charge in [-0.2, -0.15) is 0 Å². The van der Waals surface area contributed by atoms with Crippen LogP contribution in [0.2, 0.25) is 5.15 Å². The fourth-order valence-electron chi connectivity index (χ4n) is 1.69. The van der Waals surface area contributed by atoms with Crippen molar-refractivity contribution in [3.05, 3.63) is 72.1 Å². The molecule has 0 aliphatic carbocycles. The summed E-state index contributed by atoms with van der Waals surface area (Å²) in [5.74, 6) is 2.38. The highest BCUT2D eigenvalue weighted by Gasteiger charge is 2.05. The van der Waals surface area contributed by atoms with E-state index in [2.05, 4.69) is 9.97 Å². The summed E-state index contributed by atoms with van der Waals surface area (Å²) in [6, 6.07) is 16.7. The van der Waals surface area contributed by atoms with Crippen LogP contribution in [0.1, 0.15) is 0 Å². The van der Waals surface area contributed by atoms with Crippen molar-refractivity contribution >= 4 is 11.6 Å². The van der Waals surface area contributed by atoms with Crippen LogP contribution in [0.4, 0.5) is 0 Å². The van der Waals surface area contributed by atoms with Gasteiger partial charge in [-0.1, -0.05) is 29.8 Å². The molecule has 0 aliphatic heterocycles. The molecular weight excluding hydrogens is 288 g/mol. The van der Waals surface area contributed by atoms with Crippen LogP contribution < -0.4 is 9.47 Å². The van der Waals surface area contributed by atoms with E-state index in [1.165, 1.54) is 12.4 Å². The molecule has 1 aromatic heterocycles. The molecule has 0 N–H and O–H groups in total. The number of hydrogen-bond donors (Lipinski definition) is 0. The molecule has 21 heavy (non-hydrogen) atoms. The lowest BCUT2D eigenvalue weighted by atomic mass is 10.3. The normalized spacial score (nSPS) is 10.1. The summed E-state index contributed by atoms with van der Waals surface area (Å²) in [7, 11) is 0. The zero-order valence-corrected chi connectivity index (χ0v) is 11.7. The van der Waals surface area contributed by atoms with Crippen LogP contribution in [0, 0.1) is 0 Å². The molecule has 0 radical (unpaired) electrons. The average Bonchev–Trinajstić information content (AvgIpc) is 2.52. The Morgan fingerprint density at radius 2 is 1.24 bits per heavy atom. The topological polar surface area (TPSA) is 44.2 Å². The Labute approximate surface area is 127 Å². The third-order valence-corrected chi connectivity index (χ3v) is 2.90. The van der Waals surface area contributed by atoms with Crippen molar-refractivity contribution in [1.29, 1.82) is 0 Å². The summed E-state index contributed by atoms with van der Waals surface area (Å²) in [5.41, 5.74) is 0. The second kappa shape index (κ2) is 6.24. The molecule has 0 fully saturated rings. The molecule has 0 saturated carbocycles. The van der Waals surface area contributed by atoms with Crippen LogP contribution in [0.25, 0.3) is 0 Å². The molecule has 2 aromatic carbocycles. The summed E-state index contributed by atoms with van der Waals surface area (Å²) in [6.07, 6.45) is 3.03. The molecule has 0 atom stereocenters. The molecule has 1 heterocycles. The van der Waals surface area contributed by atoms with E-state index in [0.29, 0.717) is 5.75 Å². The molecule has 0 saturated heterocycles. The maximum atomic E-state index is 5.89. The maximum Gasteiger partial charge on any atom is 0.257 e. The van der Waals surface area contributed by atoms with Gasteiger partial charge in [-0.05, 0) is 36.4 Å². The first-order valence-corrected chi connectivity index (χ1v) is 6.66. The van der Waals surface area contributed by atoms with Gasteiger partial charge in [-0.25, -0.2) is 9.97 Å². The Morgan fingerprint density at radius 1 is 0.667 bits per heavy atom. The van der Waals surface area contributed by atoms with E-state index >= 15 is 0 Å². The first kappa shape index (κ1) is 13.4. The summed E-state index contributed by atoms with van der Waals surface area (Å²) in [4.78, 5) is 7.92. The van der Waals surface area contributed by atoms with Gasteiger partial charge in [-0.3, -0.25) is 0 Å². The Morgan fingerprint density at radius 3 is 1.90 bits per heavy atom. The van der Waals surface area contributed by atoms with Crippen LogP contribution in [-0.2, 0) is 0 Å². The highest BCUT2D eigenvalue weighted by molar-refractivity contribution is 6.30. The fourth-order valence-corrected chi connectivity index (χ4v) is 1.83. The summed E-state index contributed by atoms with van der Waals surface area (Å²) >= 11 is 5.89. The molecule has 3 aromatic rings. The van der Waals surface area contributed by atoms with E-state index < -0.39 is 0 Å². The summed E-state index contributed by atoms with van der Waals surface area (Å²) in [6.45, 7) is 0.